The highest BCUT2D eigenvalue weighted by Gasteiger charge is 2.58. The summed E-state index contributed by atoms with van der Waals surface area (Å²) in [5.74, 6) is 0.335. The first-order valence-electron chi connectivity index (χ1n) is 10.1. The molecule has 6 nitrogen and oxygen atoms in total. The lowest BCUT2D eigenvalue weighted by molar-refractivity contribution is -0.143. The summed E-state index contributed by atoms with van der Waals surface area (Å²) < 4.78 is 5.30. The molecule has 1 saturated carbocycles. The number of carbonyl (C=O) groups excluding carboxylic acids is 2. The average molecular weight is 393 g/mol. The van der Waals surface area contributed by atoms with Crippen molar-refractivity contribution in [3.05, 3.63) is 60.2 Å². The Bertz CT molecular complexity index is 872. The molecule has 1 N–H and O–H groups in total. The number of benzene rings is 2. The van der Waals surface area contributed by atoms with Crippen molar-refractivity contribution in [3.63, 3.8) is 0 Å². The van der Waals surface area contributed by atoms with E-state index in [4.69, 9.17) is 4.74 Å². The minimum Gasteiger partial charge on any atom is -0.495 e. The van der Waals surface area contributed by atoms with Gasteiger partial charge in [-0.3, -0.25) is 14.5 Å². The molecule has 152 valence electrons. The second-order valence-corrected chi connectivity index (χ2v) is 7.79. The third kappa shape index (κ3) is 4.12. The molecule has 0 unspecified atom stereocenters. The summed E-state index contributed by atoms with van der Waals surface area (Å²) in [6.45, 7) is 3.86. The van der Waals surface area contributed by atoms with Gasteiger partial charge in [-0.2, -0.15) is 0 Å². The molecule has 0 aromatic heterocycles. The van der Waals surface area contributed by atoms with Crippen molar-refractivity contribution in [3.8, 4) is 5.75 Å². The summed E-state index contributed by atoms with van der Waals surface area (Å²) in [6, 6.07) is 17.6. The van der Waals surface area contributed by atoms with Gasteiger partial charge in [0.1, 0.15) is 11.2 Å². The highest BCUT2D eigenvalue weighted by atomic mass is 16.5. The molecule has 6 heteroatoms. The van der Waals surface area contributed by atoms with Crippen LogP contribution in [0.1, 0.15) is 18.4 Å². The molecule has 4 rings (SSSR count). The van der Waals surface area contributed by atoms with Gasteiger partial charge in [-0.15, -0.1) is 0 Å². The molecule has 2 fully saturated rings. The number of hydrogen-bond acceptors (Lipinski definition) is 4. The molecule has 0 atom stereocenters. The fourth-order valence-corrected chi connectivity index (χ4v) is 3.91. The van der Waals surface area contributed by atoms with E-state index in [2.05, 4.69) is 22.3 Å². The third-order valence-electron chi connectivity index (χ3n) is 5.86. The van der Waals surface area contributed by atoms with Crippen LogP contribution < -0.4 is 10.1 Å². The summed E-state index contributed by atoms with van der Waals surface area (Å²) >= 11 is 0. The van der Waals surface area contributed by atoms with Gasteiger partial charge in [-0.1, -0.05) is 42.5 Å². The van der Waals surface area contributed by atoms with Crippen molar-refractivity contribution in [1.29, 1.82) is 0 Å². The molecule has 2 amide bonds. The highest BCUT2D eigenvalue weighted by molar-refractivity contribution is 6.13. The molecule has 2 aromatic carbocycles. The van der Waals surface area contributed by atoms with Gasteiger partial charge in [-0.05, 0) is 30.5 Å². The van der Waals surface area contributed by atoms with Gasteiger partial charge in [0.05, 0.1) is 12.8 Å². The van der Waals surface area contributed by atoms with Gasteiger partial charge in [0.25, 0.3) is 0 Å². The smallest absolute Gasteiger partial charge is 0.240 e. The topological polar surface area (TPSA) is 61.9 Å². The SMILES string of the molecule is COc1ccccc1NC(=O)C1(C(=O)N2CCN(Cc3ccccc3)CC2)CC1. The van der Waals surface area contributed by atoms with Crippen LogP contribution in [0.15, 0.2) is 54.6 Å². The van der Waals surface area contributed by atoms with Crippen LogP contribution in [0.3, 0.4) is 0 Å². The second kappa shape index (κ2) is 8.25. The quantitative estimate of drug-likeness (QED) is 0.767. The standard InChI is InChI=1S/C23H27N3O3/c1-29-20-10-6-5-9-19(20)24-21(27)23(11-12-23)22(28)26-15-13-25(14-16-26)17-18-7-3-2-4-8-18/h2-10H,11-17H2,1H3,(H,24,27). The molecular formula is C23H27N3O3. The normalized spacial score (nSPS) is 18.2. The number of methoxy groups -OCH3 is 1. The van der Waals surface area contributed by atoms with Crippen molar-refractivity contribution in [2.24, 2.45) is 5.41 Å². The van der Waals surface area contributed by atoms with Crippen LogP contribution in [0, 0.1) is 5.41 Å². The first kappa shape index (κ1) is 19.5. The van der Waals surface area contributed by atoms with Crippen LogP contribution in [0.4, 0.5) is 5.69 Å². The van der Waals surface area contributed by atoms with Crippen molar-refractivity contribution in [2.45, 2.75) is 19.4 Å². The van der Waals surface area contributed by atoms with Gasteiger partial charge < -0.3 is 15.0 Å². The largest absolute Gasteiger partial charge is 0.495 e. The predicted molar refractivity (Wildman–Crippen MR) is 112 cm³/mol. The minimum absolute atomic E-state index is 0.0377. The van der Waals surface area contributed by atoms with E-state index < -0.39 is 5.41 Å². The maximum atomic E-state index is 13.1. The third-order valence-corrected chi connectivity index (χ3v) is 5.86. The van der Waals surface area contributed by atoms with E-state index in [1.54, 1.807) is 19.2 Å². The molecule has 1 saturated heterocycles. The van der Waals surface area contributed by atoms with Gasteiger partial charge in [0, 0.05) is 32.7 Å². The molecule has 2 aliphatic rings. The van der Waals surface area contributed by atoms with Crippen molar-refractivity contribution >= 4 is 17.5 Å². The average Bonchev–Trinajstić information content (AvgIpc) is 3.57. The maximum Gasteiger partial charge on any atom is 0.240 e. The zero-order valence-electron chi connectivity index (χ0n) is 16.8. The number of carbonyl (C=O) groups is 2. The number of rotatable bonds is 6. The summed E-state index contributed by atoms with van der Waals surface area (Å²) in [4.78, 5) is 30.3. The Hall–Kier alpha value is -2.86. The Morgan fingerprint density at radius 1 is 0.966 bits per heavy atom. The second-order valence-electron chi connectivity index (χ2n) is 7.79. The molecule has 1 heterocycles. The number of anilines is 1. The summed E-state index contributed by atoms with van der Waals surface area (Å²) in [5, 5.41) is 2.90. The van der Waals surface area contributed by atoms with Gasteiger partial charge >= 0.3 is 0 Å². The van der Waals surface area contributed by atoms with Crippen molar-refractivity contribution in [2.75, 3.05) is 38.6 Å². The zero-order chi connectivity index (χ0) is 20.3. The summed E-state index contributed by atoms with van der Waals surface area (Å²) in [6.07, 6.45) is 1.22. The molecule has 1 aliphatic heterocycles. The van der Waals surface area contributed by atoms with Crippen molar-refractivity contribution < 1.29 is 14.3 Å². The molecule has 29 heavy (non-hydrogen) atoms. The lowest BCUT2D eigenvalue weighted by Gasteiger charge is -2.36. The van der Waals surface area contributed by atoms with E-state index in [9.17, 15) is 9.59 Å². The number of nitrogens with zero attached hydrogens (tertiary/aromatic N) is 2. The van der Waals surface area contributed by atoms with E-state index in [0.29, 0.717) is 37.4 Å². The molecule has 0 spiro atoms. The Morgan fingerprint density at radius 2 is 1.62 bits per heavy atom. The number of ether oxygens (including phenoxy) is 1. The Kier molecular flexibility index (Phi) is 5.53. The summed E-state index contributed by atoms with van der Waals surface area (Å²) in [5.41, 5.74) is 0.969. The Morgan fingerprint density at radius 3 is 2.28 bits per heavy atom. The van der Waals surface area contributed by atoms with Gasteiger partial charge in [-0.25, -0.2) is 0 Å². The lowest BCUT2D eigenvalue weighted by Crippen LogP contribution is -2.52. The maximum absolute atomic E-state index is 13.1. The highest BCUT2D eigenvalue weighted by Crippen LogP contribution is 2.48. The Balaban J connectivity index is 1.35. The van der Waals surface area contributed by atoms with E-state index in [1.807, 2.05) is 35.2 Å². The van der Waals surface area contributed by atoms with Crippen LogP contribution in [-0.4, -0.2) is 54.9 Å². The number of hydrogen-bond donors (Lipinski definition) is 1. The first-order chi connectivity index (χ1) is 14.1. The predicted octanol–water partition coefficient (Wildman–Crippen LogP) is 2.76. The Labute approximate surface area is 171 Å². The van der Waals surface area contributed by atoms with Crippen molar-refractivity contribution in [1.82, 2.24) is 9.80 Å². The van der Waals surface area contributed by atoms with E-state index in [1.165, 1.54) is 5.56 Å². The molecule has 0 bridgehead atoms. The molecule has 2 aromatic rings. The molecular weight excluding hydrogens is 366 g/mol. The lowest BCUT2D eigenvalue weighted by atomic mass is 10.0. The minimum atomic E-state index is -0.914. The molecule has 1 aliphatic carbocycles. The van der Waals surface area contributed by atoms with E-state index in [0.717, 1.165) is 19.6 Å². The number of nitrogens with one attached hydrogen (secondary N) is 1. The van der Waals surface area contributed by atoms with Crippen LogP contribution in [-0.2, 0) is 16.1 Å². The summed E-state index contributed by atoms with van der Waals surface area (Å²) in [7, 11) is 1.57. The van der Waals surface area contributed by atoms with Gasteiger partial charge in [0.15, 0.2) is 0 Å². The van der Waals surface area contributed by atoms with E-state index in [-0.39, 0.29) is 11.8 Å². The van der Waals surface area contributed by atoms with Gasteiger partial charge in [0.2, 0.25) is 11.8 Å². The van der Waals surface area contributed by atoms with Crippen LogP contribution in [0.5, 0.6) is 5.75 Å². The monoisotopic (exact) mass is 393 g/mol. The van der Waals surface area contributed by atoms with Crippen LogP contribution in [0.2, 0.25) is 0 Å². The number of piperazine rings is 1. The van der Waals surface area contributed by atoms with Crippen LogP contribution >= 0.6 is 0 Å². The molecule has 0 radical (unpaired) electrons. The fraction of sp³-hybridized carbons (Fsp3) is 0.391. The first-order valence-corrected chi connectivity index (χ1v) is 10.1. The number of amides is 2. The fourth-order valence-electron chi connectivity index (χ4n) is 3.91. The van der Waals surface area contributed by atoms with E-state index >= 15 is 0 Å². The van der Waals surface area contributed by atoms with Crippen LogP contribution in [0.25, 0.3) is 0 Å². The zero-order valence-corrected chi connectivity index (χ0v) is 16.8. The number of para-hydroxylation sites is 2.